The molecule has 6 rings (SSSR count). The van der Waals surface area contributed by atoms with Crippen LogP contribution in [0.2, 0.25) is 0 Å². The SMILES string of the molecule is Cn1ccc(-c2ccc(-c3nnc(N(C4CC4)[C@@H]4C[C@H]5CC[C@H](C5)[C@@H]4F)s3)c(O)c2)cc1=O. The van der Waals surface area contributed by atoms with Crippen LogP contribution in [0.1, 0.15) is 38.5 Å². The van der Waals surface area contributed by atoms with Gasteiger partial charge < -0.3 is 14.6 Å². The van der Waals surface area contributed by atoms with Crippen LogP contribution in [0.25, 0.3) is 21.7 Å². The standard InChI is InChI=1S/C25H27FN4O2S/c1-29-9-8-16(13-22(29)32)15-4-7-19(21(31)12-15)24-27-28-25(33-24)30(18-5-6-18)20-11-14-2-3-17(10-14)23(20)26/h4,7-9,12-14,17-18,20,23,31H,2-3,5-6,10-11H2,1H3/t14-,17+,20+,23-/m0/s1. The first-order valence-electron chi connectivity index (χ1n) is 11.7. The van der Waals surface area contributed by atoms with E-state index in [1.54, 1.807) is 25.4 Å². The summed E-state index contributed by atoms with van der Waals surface area (Å²) in [5.74, 6) is 0.911. The van der Waals surface area contributed by atoms with Gasteiger partial charge in [-0.3, -0.25) is 4.79 Å². The number of aromatic nitrogens is 3. The molecule has 2 bridgehead atoms. The molecule has 0 unspecified atom stereocenters. The van der Waals surface area contributed by atoms with Crippen molar-refractivity contribution < 1.29 is 9.50 Å². The van der Waals surface area contributed by atoms with Crippen molar-refractivity contribution in [1.82, 2.24) is 14.8 Å². The van der Waals surface area contributed by atoms with Gasteiger partial charge in [-0.25, -0.2) is 4.39 Å². The number of fused-ring (bicyclic) bond motifs is 2. The lowest BCUT2D eigenvalue weighted by Crippen LogP contribution is -2.48. The summed E-state index contributed by atoms with van der Waals surface area (Å²) in [7, 11) is 1.70. The van der Waals surface area contributed by atoms with E-state index in [4.69, 9.17) is 0 Å². The predicted molar refractivity (Wildman–Crippen MR) is 127 cm³/mol. The highest BCUT2D eigenvalue weighted by Gasteiger charge is 2.48. The van der Waals surface area contributed by atoms with E-state index in [9.17, 15) is 9.90 Å². The first-order valence-corrected chi connectivity index (χ1v) is 12.6. The lowest BCUT2D eigenvalue weighted by molar-refractivity contribution is 0.140. The first kappa shape index (κ1) is 20.8. The van der Waals surface area contributed by atoms with Gasteiger partial charge in [0.2, 0.25) is 5.13 Å². The van der Waals surface area contributed by atoms with E-state index >= 15 is 4.39 Å². The largest absolute Gasteiger partial charge is 0.507 e. The topological polar surface area (TPSA) is 71.2 Å². The lowest BCUT2D eigenvalue weighted by Gasteiger charge is -2.39. The molecule has 0 radical (unpaired) electrons. The molecule has 33 heavy (non-hydrogen) atoms. The van der Waals surface area contributed by atoms with Crippen LogP contribution in [0.15, 0.2) is 41.3 Å². The second-order valence-corrected chi connectivity index (χ2v) is 10.8. The quantitative estimate of drug-likeness (QED) is 0.586. The number of phenolic OH excluding ortho intramolecular Hbond substituents is 1. The zero-order valence-corrected chi connectivity index (χ0v) is 19.3. The summed E-state index contributed by atoms with van der Waals surface area (Å²) in [6.07, 6.45) is 7.15. The molecule has 1 N–H and O–H groups in total. The second kappa shape index (κ2) is 7.94. The molecule has 0 amide bonds. The molecular formula is C25H27FN4O2S. The number of aryl methyl sites for hydroxylation is 1. The number of hydrogen-bond acceptors (Lipinski definition) is 6. The van der Waals surface area contributed by atoms with Crippen LogP contribution in [0.3, 0.4) is 0 Å². The molecule has 2 heterocycles. The Kier molecular flexibility index (Phi) is 5.01. The number of nitrogens with zero attached hydrogens (tertiary/aromatic N) is 4. The van der Waals surface area contributed by atoms with Crippen molar-refractivity contribution in [1.29, 1.82) is 0 Å². The fourth-order valence-corrected chi connectivity index (χ4v) is 6.65. The van der Waals surface area contributed by atoms with Gasteiger partial charge in [0.15, 0.2) is 5.01 Å². The van der Waals surface area contributed by atoms with Crippen LogP contribution >= 0.6 is 11.3 Å². The van der Waals surface area contributed by atoms with Crippen LogP contribution in [0.4, 0.5) is 9.52 Å². The van der Waals surface area contributed by atoms with Gasteiger partial charge in [0.1, 0.15) is 11.9 Å². The third-order valence-corrected chi connectivity index (χ3v) is 8.54. The Morgan fingerprint density at radius 2 is 1.91 bits per heavy atom. The Labute approximate surface area is 195 Å². The Hall–Kier alpha value is -2.74. The average Bonchev–Trinajstić information content (AvgIpc) is 3.37. The van der Waals surface area contributed by atoms with Crippen LogP contribution < -0.4 is 10.5 Å². The van der Waals surface area contributed by atoms with Crippen LogP contribution in [0.5, 0.6) is 5.75 Å². The van der Waals surface area contributed by atoms with Crippen LogP contribution in [-0.4, -0.2) is 38.1 Å². The van der Waals surface area contributed by atoms with E-state index in [1.807, 2.05) is 18.2 Å². The minimum absolute atomic E-state index is 0.0907. The van der Waals surface area contributed by atoms with Crippen LogP contribution in [-0.2, 0) is 7.05 Å². The van der Waals surface area contributed by atoms with Crippen molar-refractivity contribution in [3.8, 4) is 27.4 Å². The summed E-state index contributed by atoms with van der Waals surface area (Å²) >= 11 is 1.42. The summed E-state index contributed by atoms with van der Waals surface area (Å²) in [5, 5.41) is 21.0. The molecule has 1 aromatic carbocycles. The molecule has 0 saturated heterocycles. The molecule has 8 heteroatoms. The number of pyridine rings is 1. The molecule has 4 atom stereocenters. The van der Waals surface area contributed by atoms with Gasteiger partial charge in [0.05, 0.1) is 11.6 Å². The number of hydrogen-bond donors (Lipinski definition) is 1. The number of rotatable bonds is 5. The average molecular weight is 467 g/mol. The Morgan fingerprint density at radius 1 is 1.09 bits per heavy atom. The zero-order valence-electron chi connectivity index (χ0n) is 18.5. The number of anilines is 1. The molecule has 6 nitrogen and oxygen atoms in total. The highest BCUT2D eigenvalue weighted by atomic mass is 32.1. The van der Waals surface area contributed by atoms with Crippen molar-refractivity contribution in [2.24, 2.45) is 18.9 Å². The van der Waals surface area contributed by atoms with E-state index in [2.05, 4.69) is 15.1 Å². The molecule has 0 spiro atoms. The third kappa shape index (κ3) is 3.74. The van der Waals surface area contributed by atoms with Gasteiger partial charge in [-0.05, 0) is 79.7 Å². The summed E-state index contributed by atoms with van der Waals surface area (Å²) in [5.41, 5.74) is 2.00. The molecule has 3 fully saturated rings. The van der Waals surface area contributed by atoms with Gasteiger partial charge in [-0.15, -0.1) is 10.2 Å². The third-order valence-electron chi connectivity index (χ3n) is 7.57. The Morgan fingerprint density at radius 3 is 2.67 bits per heavy atom. The van der Waals surface area contributed by atoms with Crippen molar-refractivity contribution in [3.05, 3.63) is 46.9 Å². The fourth-order valence-electron chi connectivity index (χ4n) is 5.64. The summed E-state index contributed by atoms with van der Waals surface area (Å²) in [4.78, 5) is 14.2. The maximum Gasteiger partial charge on any atom is 0.250 e. The van der Waals surface area contributed by atoms with Crippen molar-refractivity contribution in [3.63, 3.8) is 0 Å². The summed E-state index contributed by atoms with van der Waals surface area (Å²) in [6.45, 7) is 0. The van der Waals surface area contributed by atoms with Gasteiger partial charge in [-0.2, -0.15) is 0 Å². The number of alkyl halides is 1. The van der Waals surface area contributed by atoms with Crippen molar-refractivity contribution in [2.75, 3.05) is 4.90 Å². The van der Waals surface area contributed by atoms with Gasteiger partial charge >= 0.3 is 0 Å². The zero-order chi connectivity index (χ0) is 22.7. The van der Waals surface area contributed by atoms with E-state index in [-0.39, 0.29) is 23.3 Å². The minimum Gasteiger partial charge on any atom is -0.507 e. The number of benzene rings is 1. The second-order valence-electron chi connectivity index (χ2n) is 9.81. The van der Waals surface area contributed by atoms with Gasteiger partial charge in [0, 0.05) is 25.4 Å². The highest BCUT2D eigenvalue weighted by molar-refractivity contribution is 7.18. The maximum absolute atomic E-state index is 15.4. The number of phenols is 1. The molecule has 3 aliphatic carbocycles. The van der Waals surface area contributed by atoms with E-state index in [0.29, 0.717) is 22.5 Å². The van der Waals surface area contributed by atoms with Crippen LogP contribution in [0, 0.1) is 11.8 Å². The molecule has 0 aliphatic heterocycles. The molecular weight excluding hydrogens is 439 g/mol. The molecule has 172 valence electrons. The van der Waals surface area contributed by atoms with E-state index in [1.165, 1.54) is 15.9 Å². The van der Waals surface area contributed by atoms with Crippen molar-refractivity contribution >= 4 is 16.5 Å². The number of halogens is 1. The van der Waals surface area contributed by atoms with Gasteiger partial charge in [-0.1, -0.05) is 17.4 Å². The minimum atomic E-state index is -0.803. The highest BCUT2D eigenvalue weighted by Crippen LogP contribution is 2.49. The monoisotopic (exact) mass is 466 g/mol. The molecule has 3 aliphatic rings. The smallest absolute Gasteiger partial charge is 0.250 e. The van der Waals surface area contributed by atoms with Crippen molar-refractivity contribution in [2.45, 2.75) is 56.8 Å². The number of aromatic hydroxyl groups is 1. The Bertz CT molecular complexity index is 1250. The molecule has 2 aromatic heterocycles. The lowest BCUT2D eigenvalue weighted by atomic mass is 9.83. The normalized spacial score (nSPS) is 26.5. The van der Waals surface area contributed by atoms with Gasteiger partial charge in [0.25, 0.3) is 5.56 Å². The molecule has 3 aromatic rings. The first-order chi connectivity index (χ1) is 16.0. The summed E-state index contributed by atoms with van der Waals surface area (Å²) < 4.78 is 16.9. The Balaban J connectivity index is 1.29. The fraction of sp³-hybridized carbons (Fsp3) is 0.480. The van der Waals surface area contributed by atoms with E-state index < -0.39 is 6.17 Å². The molecule has 3 saturated carbocycles. The summed E-state index contributed by atoms with van der Waals surface area (Å²) in [6, 6.07) is 8.98. The van der Waals surface area contributed by atoms with E-state index in [0.717, 1.165) is 54.8 Å². The maximum atomic E-state index is 15.4. The predicted octanol–water partition coefficient (Wildman–Crippen LogP) is 4.77.